The van der Waals surface area contributed by atoms with Crippen molar-refractivity contribution in [3.05, 3.63) is 89.3 Å². The summed E-state index contributed by atoms with van der Waals surface area (Å²) in [5.41, 5.74) is 13.5. The van der Waals surface area contributed by atoms with Crippen LogP contribution in [-0.2, 0) is 17.8 Å². The van der Waals surface area contributed by atoms with Crippen LogP contribution in [0.15, 0.2) is 71.7 Å². The molecule has 4 heterocycles. The topological polar surface area (TPSA) is 92.8 Å². The Morgan fingerprint density at radius 2 is 2.10 bits per heavy atom. The Balaban J connectivity index is 1.51. The van der Waals surface area contributed by atoms with E-state index in [4.69, 9.17) is 20.4 Å². The Morgan fingerprint density at radius 1 is 1.24 bits per heavy atom. The van der Waals surface area contributed by atoms with Crippen LogP contribution in [0.2, 0.25) is 0 Å². The molecular weight excluding hydrogens is 537 g/mol. The maximum Gasteiger partial charge on any atom is 0.246 e. The molecule has 1 saturated heterocycles. The van der Waals surface area contributed by atoms with Crippen LogP contribution in [0.5, 0.6) is 5.75 Å². The average Bonchev–Trinajstić information content (AvgIpc) is 3.47. The number of carbonyl (C=O) groups is 1. The predicted molar refractivity (Wildman–Crippen MR) is 164 cm³/mol. The fourth-order valence-corrected chi connectivity index (χ4v) is 6.38. The van der Waals surface area contributed by atoms with Gasteiger partial charge in [-0.1, -0.05) is 18.7 Å². The summed E-state index contributed by atoms with van der Waals surface area (Å²) >= 11 is 1.59. The molecule has 0 atom stereocenters. The van der Waals surface area contributed by atoms with E-state index in [1.165, 1.54) is 42.6 Å². The molecule has 9 heteroatoms. The summed E-state index contributed by atoms with van der Waals surface area (Å²) < 4.78 is 20.9. The van der Waals surface area contributed by atoms with Crippen molar-refractivity contribution >= 4 is 39.1 Å². The first-order valence-electron chi connectivity index (χ1n) is 13.5. The lowest BCUT2D eigenvalue weighted by Gasteiger charge is -2.36. The minimum Gasteiger partial charge on any atom is -0.496 e. The predicted octanol–water partition coefficient (Wildman–Crippen LogP) is 5.19. The molecule has 6 rings (SSSR count). The number of halogens is 1. The number of aliphatic imine (C=N–C) groups is 1. The molecule has 1 fully saturated rings. The van der Waals surface area contributed by atoms with Crippen LogP contribution in [0.3, 0.4) is 0 Å². The summed E-state index contributed by atoms with van der Waals surface area (Å²) in [4.78, 5) is 23.5. The number of pyridine rings is 1. The Bertz CT molecular complexity index is 1720. The number of nitrogens with zero attached hydrogens (tertiary/aromatic N) is 3. The number of likely N-dealkylation sites (tertiary alicyclic amines) is 1. The number of fused-ring (bicyclic) bond motifs is 2. The van der Waals surface area contributed by atoms with E-state index in [0.717, 1.165) is 46.4 Å². The zero-order valence-electron chi connectivity index (χ0n) is 22.7. The highest BCUT2D eigenvalue weighted by Gasteiger charge is 2.29. The highest BCUT2D eigenvalue weighted by atomic mass is 32.1. The summed E-state index contributed by atoms with van der Waals surface area (Å²) in [6.07, 6.45) is 5.50. The van der Waals surface area contributed by atoms with Gasteiger partial charge in [0.05, 0.1) is 24.5 Å². The quantitative estimate of drug-likeness (QED) is 0.237. The van der Waals surface area contributed by atoms with E-state index in [0.29, 0.717) is 35.7 Å². The molecule has 0 spiro atoms. The molecule has 2 aromatic heterocycles. The van der Waals surface area contributed by atoms with Crippen molar-refractivity contribution in [2.24, 2.45) is 10.7 Å². The average molecular weight is 568 g/mol. The van der Waals surface area contributed by atoms with Crippen molar-refractivity contribution in [2.75, 3.05) is 26.7 Å². The molecule has 0 bridgehead atoms. The van der Waals surface area contributed by atoms with E-state index in [9.17, 15) is 9.18 Å². The van der Waals surface area contributed by atoms with Crippen molar-refractivity contribution in [1.29, 1.82) is 0 Å². The third kappa shape index (κ3) is 5.03. The van der Waals surface area contributed by atoms with Gasteiger partial charge in [0, 0.05) is 70.5 Å². The highest BCUT2D eigenvalue weighted by Crippen LogP contribution is 2.44. The minimum absolute atomic E-state index is 0.0446. The zero-order valence-corrected chi connectivity index (χ0v) is 23.5. The van der Waals surface area contributed by atoms with Gasteiger partial charge in [-0.15, -0.1) is 11.3 Å². The molecule has 0 aliphatic carbocycles. The van der Waals surface area contributed by atoms with E-state index < -0.39 is 0 Å². The van der Waals surface area contributed by atoms with Gasteiger partial charge in [0.1, 0.15) is 11.6 Å². The molecule has 41 heavy (non-hydrogen) atoms. The smallest absolute Gasteiger partial charge is 0.246 e. The first kappa shape index (κ1) is 26.9. The Hall–Kier alpha value is -4.34. The van der Waals surface area contributed by atoms with Gasteiger partial charge in [0.25, 0.3) is 0 Å². The number of benzene rings is 2. The lowest BCUT2D eigenvalue weighted by Crippen LogP contribution is -2.52. The second kappa shape index (κ2) is 11.3. The Labute approximate surface area is 241 Å². The van der Waals surface area contributed by atoms with Gasteiger partial charge < -0.3 is 20.7 Å². The number of allylic oxidation sites excluding steroid dienone is 1. The van der Waals surface area contributed by atoms with E-state index in [-0.39, 0.29) is 17.8 Å². The van der Waals surface area contributed by atoms with Crippen LogP contribution in [0.1, 0.15) is 16.8 Å². The van der Waals surface area contributed by atoms with Gasteiger partial charge >= 0.3 is 0 Å². The molecule has 4 aromatic rings. The van der Waals surface area contributed by atoms with Gasteiger partial charge in [-0.05, 0) is 59.8 Å². The molecule has 7 nitrogen and oxygen atoms in total. The number of rotatable bonds is 7. The molecule has 0 unspecified atom stereocenters. The number of methoxy groups -OCH3 is 1. The summed E-state index contributed by atoms with van der Waals surface area (Å²) in [5, 5.41) is 6.47. The molecule has 2 aromatic carbocycles. The van der Waals surface area contributed by atoms with Crippen molar-refractivity contribution < 1.29 is 13.9 Å². The van der Waals surface area contributed by atoms with Gasteiger partial charge in [-0.3, -0.25) is 9.79 Å². The molecular formula is C32H30FN5O2S. The minimum atomic E-state index is -0.387. The maximum atomic E-state index is 14.2. The maximum absolute atomic E-state index is 14.2. The van der Waals surface area contributed by atoms with Crippen molar-refractivity contribution in [1.82, 2.24) is 15.2 Å². The molecule has 1 amide bonds. The van der Waals surface area contributed by atoms with Crippen LogP contribution in [0.4, 0.5) is 4.39 Å². The van der Waals surface area contributed by atoms with E-state index in [1.54, 1.807) is 28.5 Å². The number of carbonyl (C=O) groups excluding carboxylic acids is 1. The Kier molecular flexibility index (Phi) is 7.38. The number of nitrogens with one attached hydrogen (secondary N) is 1. The van der Waals surface area contributed by atoms with Gasteiger partial charge in [-0.2, -0.15) is 0 Å². The third-order valence-electron chi connectivity index (χ3n) is 7.63. The second-order valence-electron chi connectivity index (χ2n) is 10.1. The fraction of sp³-hybridized carbons (Fsp3) is 0.219. The SMILES string of the molecule is C=CC(=O)N1CC(N=C/C(=C\N)c2nc(-c3ccc4c(c3)CCNC4)c3ccsc3c2-c2ccc(F)cc2OC)C1. The first-order chi connectivity index (χ1) is 20.0. The van der Waals surface area contributed by atoms with Crippen LogP contribution < -0.4 is 15.8 Å². The van der Waals surface area contributed by atoms with Gasteiger partial charge in [0.2, 0.25) is 5.91 Å². The molecule has 0 saturated carbocycles. The number of ether oxygens (including phenoxy) is 1. The molecule has 208 valence electrons. The number of aromatic nitrogens is 1. The number of thiophene rings is 1. The van der Waals surface area contributed by atoms with E-state index in [1.807, 2.05) is 5.38 Å². The highest BCUT2D eigenvalue weighted by molar-refractivity contribution is 7.18. The normalized spacial score (nSPS) is 15.7. The molecule has 0 radical (unpaired) electrons. The number of amides is 1. The molecule has 2 aliphatic rings. The van der Waals surface area contributed by atoms with Gasteiger partial charge in [0.15, 0.2) is 0 Å². The van der Waals surface area contributed by atoms with E-state index in [2.05, 4.69) is 36.2 Å². The van der Waals surface area contributed by atoms with Gasteiger partial charge in [-0.25, -0.2) is 9.37 Å². The zero-order chi connectivity index (χ0) is 28.5. The Morgan fingerprint density at radius 3 is 2.88 bits per heavy atom. The van der Waals surface area contributed by atoms with Crippen molar-refractivity contribution in [3.63, 3.8) is 0 Å². The number of hydrogen-bond donors (Lipinski definition) is 2. The first-order valence-corrected chi connectivity index (χ1v) is 14.3. The molecule has 2 aliphatic heterocycles. The fourth-order valence-electron chi connectivity index (χ4n) is 5.43. The summed E-state index contributed by atoms with van der Waals surface area (Å²) in [6, 6.07) is 13.1. The van der Waals surface area contributed by atoms with Crippen LogP contribution in [-0.4, -0.2) is 54.8 Å². The largest absolute Gasteiger partial charge is 0.496 e. The van der Waals surface area contributed by atoms with Crippen LogP contribution >= 0.6 is 11.3 Å². The lowest BCUT2D eigenvalue weighted by atomic mass is 9.93. The monoisotopic (exact) mass is 567 g/mol. The van der Waals surface area contributed by atoms with E-state index >= 15 is 0 Å². The standard InChI is InChI=1S/C32H30FN5O2S/c1-3-28(39)38-17-24(18-38)36-16-22(14-34)31-29(25-7-6-23(33)13-27(25)40-2)32-26(9-11-41-32)30(37-31)20-4-5-21-15-35-10-8-19(21)12-20/h3-7,9,11-14,16,24,35H,1,8,10,15,17-18,34H2,2H3/b22-14+,36-16?. The lowest BCUT2D eigenvalue weighted by molar-refractivity contribution is -0.130. The summed E-state index contributed by atoms with van der Waals surface area (Å²) in [5.74, 6) is -0.0860. The van der Waals surface area contributed by atoms with Crippen LogP contribution in [0.25, 0.3) is 38.0 Å². The molecule has 3 N–H and O–H groups in total. The summed E-state index contributed by atoms with van der Waals surface area (Å²) in [6.45, 7) is 6.39. The van der Waals surface area contributed by atoms with Crippen molar-refractivity contribution in [3.8, 4) is 28.1 Å². The number of hydrogen-bond acceptors (Lipinski definition) is 7. The third-order valence-corrected chi connectivity index (χ3v) is 8.56. The van der Waals surface area contributed by atoms with Crippen molar-refractivity contribution in [2.45, 2.75) is 19.0 Å². The number of nitrogens with two attached hydrogens (primary N) is 1. The van der Waals surface area contributed by atoms with Crippen LogP contribution in [0, 0.1) is 5.82 Å². The summed E-state index contributed by atoms with van der Waals surface area (Å²) in [7, 11) is 1.53. The second-order valence-corrected chi connectivity index (χ2v) is 11.0.